The van der Waals surface area contributed by atoms with Crippen molar-refractivity contribution in [2.45, 2.75) is 44.8 Å². The van der Waals surface area contributed by atoms with Gasteiger partial charge in [0, 0.05) is 44.3 Å². The van der Waals surface area contributed by atoms with Gasteiger partial charge in [-0.1, -0.05) is 0 Å². The van der Waals surface area contributed by atoms with Gasteiger partial charge >= 0.3 is 0 Å². The Balaban J connectivity index is 1.55. The molecule has 1 aromatic rings. The highest BCUT2D eigenvalue weighted by Crippen LogP contribution is 2.34. The first-order valence-corrected chi connectivity index (χ1v) is 11.2. The lowest BCUT2D eigenvalue weighted by Crippen LogP contribution is -2.45. The SMILES string of the molecule is CCNC(=NCC(C1CC1)N(C)C)NC1CCN(Cc2cc(OC)cc(OC)c2)C1. The summed E-state index contributed by atoms with van der Waals surface area (Å²) in [5, 5.41) is 7.09. The van der Waals surface area contributed by atoms with Crippen molar-refractivity contribution in [3.63, 3.8) is 0 Å². The van der Waals surface area contributed by atoms with Gasteiger partial charge in [-0.25, -0.2) is 0 Å². The fourth-order valence-corrected chi connectivity index (χ4v) is 4.22. The van der Waals surface area contributed by atoms with Crippen LogP contribution in [0.15, 0.2) is 23.2 Å². The van der Waals surface area contributed by atoms with E-state index in [4.69, 9.17) is 14.5 Å². The normalized spacial score (nSPS) is 21.0. The highest BCUT2D eigenvalue weighted by atomic mass is 16.5. The number of ether oxygens (including phenoxy) is 2. The second kappa shape index (κ2) is 10.9. The monoisotopic (exact) mass is 417 g/mol. The summed E-state index contributed by atoms with van der Waals surface area (Å²) in [6.07, 6.45) is 3.80. The van der Waals surface area contributed by atoms with Crippen molar-refractivity contribution in [2.75, 3.05) is 54.5 Å². The lowest BCUT2D eigenvalue weighted by Gasteiger charge is -2.24. The van der Waals surface area contributed by atoms with Gasteiger partial charge in [-0.15, -0.1) is 0 Å². The van der Waals surface area contributed by atoms with Crippen LogP contribution in [0.2, 0.25) is 0 Å². The molecule has 1 aliphatic heterocycles. The van der Waals surface area contributed by atoms with Gasteiger partial charge < -0.3 is 25.0 Å². The molecular weight excluding hydrogens is 378 g/mol. The maximum atomic E-state index is 5.41. The molecule has 0 bridgehead atoms. The van der Waals surface area contributed by atoms with Gasteiger partial charge in [0.05, 0.1) is 20.8 Å². The lowest BCUT2D eigenvalue weighted by atomic mass is 10.2. The minimum Gasteiger partial charge on any atom is -0.497 e. The molecular formula is C23H39N5O2. The summed E-state index contributed by atoms with van der Waals surface area (Å²) in [5.74, 6) is 3.44. The summed E-state index contributed by atoms with van der Waals surface area (Å²) in [6.45, 7) is 6.82. The molecule has 2 aliphatic rings. The zero-order valence-corrected chi connectivity index (χ0v) is 19.3. The zero-order chi connectivity index (χ0) is 21.5. The van der Waals surface area contributed by atoms with Crippen LogP contribution in [0.25, 0.3) is 0 Å². The maximum absolute atomic E-state index is 5.41. The molecule has 0 amide bonds. The van der Waals surface area contributed by atoms with Crippen LogP contribution in [0.3, 0.4) is 0 Å². The smallest absolute Gasteiger partial charge is 0.191 e. The highest BCUT2D eigenvalue weighted by molar-refractivity contribution is 5.80. The fourth-order valence-electron chi connectivity index (χ4n) is 4.22. The van der Waals surface area contributed by atoms with Gasteiger partial charge in [0.1, 0.15) is 11.5 Å². The maximum Gasteiger partial charge on any atom is 0.191 e. The molecule has 2 atom stereocenters. The summed E-state index contributed by atoms with van der Waals surface area (Å²) in [5.41, 5.74) is 1.21. The third kappa shape index (κ3) is 6.51. The van der Waals surface area contributed by atoms with Gasteiger partial charge in [0.25, 0.3) is 0 Å². The van der Waals surface area contributed by atoms with E-state index in [1.165, 1.54) is 18.4 Å². The summed E-state index contributed by atoms with van der Waals surface area (Å²) >= 11 is 0. The Morgan fingerprint density at radius 1 is 1.17 bits per heavy atom. The first-order valence-electron chi connectivity index (χ1n) is 11.2. The van der Waals surface area contributed by atoms with Crippen LogP contribution >= 0.6 is 0 Å². The molecule has 2 N–H and O–H groups in total. The van der Waals surface area contributed by atoms with Gasteiger partial charge in [0.2, 0.25) is 0 Å². The van der Waals surface area contributed by atoms with E-state index in [0.29, 0.717) is 12.1 Å². The number of rotatable bonds is 10. The predicted octanol–water partition coefficient (Wildman–Crippen LogP) is 2.17. The molecule has 2 unspecified atom stereocenters. The molecule has 1 saturated heterocycles. The van der Waals surface area contributed by atoms with Crippen molar-refractivity contribution in [3.8, 4) is 11.5 Å². The van der Waals surface area contributed by atoms with Crippen LogP contribution in [-0.2, 0) is 6.54 Å². The molecule has 0 aromatic heterocycles. The standard InChI is InChI=1S/C23H39N5O2/c1-6-24-23(25-14-22(27(2)3)18-7-8-18)26-19-9-10-28(16-19)15-17-11-20(29-4)13-21(12-17)30-5/h11-13,18-19,22H,6-10,14-16H2,1-5H3,(H2,24,25,26). The topological polar surface area (TPSA) is 61.4 Å². The number of nitrogens with zero attached hydrogens (tertiary/aromatic N) is 3. The Morgan fingerprint density at radius 2 is 1.87 bits per heavy atom. The average molecular weight is 418 g/mol. The average Bonchev–Trinajstić information content (AvgIpc) is 3.47. The van der Waals surface area contributed by atoms with Crippen molar-refractivity contribution in [2.24, 2.45) is 10.9 Å². The van der Waals surface area contributed by atoms with Crippen LogP contribution in [0, 0.1) is 5.92 Å². The molecule has 2 fully saturated rings. The van der Waals surface area contributed by atoms with E-state index in [0.717, 1.165) is 62.5 Å². The second-order valence-electron chi connectivity index (χ2n) is 8.67. The van der Waals surface area contributed by atoms with E-state index >= 15 is 0 Å². The Hall–Kier alpha value is -1.99. The summed E-state index contributed by atoms with van der Waals surface area (Å²) < 4.78 is 10.8. The van der Waals surface area contributed by atoms with Crippen molar-refractivity contribution in [1.29, 1.82) is 0 Å². The molecule has 0 spiro atoms. The van der Waals surface area contributed by atoms with Crippen LogP contribution in [0.5, 0.6) is 11.5 Å². The van der Waals surface area contributed by atoms with Crippen molar-refractivity contribution < 1.29 is 9.47 Å². The molecule has 3 rings (SSSR count). The Labute approximate surface area is 181 Å². The number of hydrogen-bond donors (Lipinski definition) is 2. The molecule has 1 saturated carbocycles. The molecule has 0 radical (unpaired) electrons. The summed E-state index contributed by atoms with van der Waals surface area (Å²) in [7, 11) is 7.72. The van der Waals surface area contributed by atoms with Crippen molar-refractivity contribution in [3.05, 3.63) is 23.8 Å². The molecule has 168 valence electrons. The van der Waals surface area contributed by atoms with E-state index in [1.807, 2.05) is 6.07 Å². The van der Waals surface area contributed by atoms with Crippen molar-refractivity contribution in [1.82, 2.24) is 20.4 Å². The minimum absolute atomic E-state index is 0.411. The minimum atomic E-state index is 0.411. The van der Waals surface area contributed by atoms with E-state index in [1.54, 1.807) is 14.2 Å². The molecule has 1 aromatic carbocycles. The number of guanidine groups is 1. The number of methoxy groups -OCH3 is 2. The van der Waals surface area contributed by atoms with Crippen LogP contribution in [0.1, 0.15) is 31.7 Å². The van der Waals surface area contributed by atoms with Gasteiger partial charge in [-0.3, -0.25) is 9.89 Å². The number of aliphatic imine (C=N–C) groups is 1. The van der Waals surface area contributed by atoms with Gasteiger partial charge in [0.15, 0.2) is 5.96 Å². The van der Waals surface area contributed by atoms with Crippen LogP contribution in [0.4, 0.5) is 0 Å². The summed E-state index contributed by atoms with van der Waals surface area (Å²) in [6, 6.07) is 7.06. The van der Waals surface area contributed by atoms with E-state index < -0.39 is 0 Å². The number of nitrogens with one attached hydrogen (secondary N) is 2. The third-order valence-electron chi connectivity index (χ3n) is 6.04. The number of likely N-dealkylation sites (tertiary alicyclic amines) is 1. The Morgan fingerprint density at radius 3 is 2.43 bits per heavy atom. The summed E-state index contributed by atoms with van der Waals surface area (Å²) in [4.78, 5) is 9.71. The first kappa shape index (κ1) is 22.7. The quantitative estimate of drug-likeness (QED) is 0.449. The molecule has 7 heteroatoms. The van der Waals surface area contributed by atoms with Gasteiger partial charge in [-0.05, 0) is 63.9 Å². The Bertz CT molecular complexity index is 681. The van der Waals surface area contributed by atoms with Crippen LogP contribution in [-0.4, -0.2) is 82.3 Å². The number of likely N-dealkylation sites (N-methyl/N-ethyl adjacent to an activating group) is 1. The van der Waals surface area contributed by atoms with E-state index in [9.17, 15) is 0 Å². The fraction of sp³-hybridized carbons (Fsp3) is 0.696. The Kier molecular flexibility index (Phi) is 8.22. The molecule has 7 nitrogen and oxygen atoms in total. The number of hydrogen-bond acceptors (Lipinski definition) is 5. The predicted molar refractivity (Wildman–Crippen MR) is 123 cm³/mol. The number of benzene rings is 1. The lowest BCUT2D eigenvalue weighted by molar-refractivity contribution is 0.271. The van der Waals surface area contributed by atoms with Crippen LogP contribution < -0.4 is 20.1 Å². The zero-order valence-electron chi connectivity index (χ0n) is 19.3. The van der Waals surface area contributed by atoms with E-state index in [-0.39, 0.29) is 0 Å². The molecule has 1 aliphatic carbocycles. The largest absolute Gasteiger partial charge is 0.497 e. The first-order chi connectivity index (χ1) is 14.5. The molecule has 30 heavy (non-hydrogen) atoms. The van der Waals surface area contributed by atoms with Gasteiger partial charge in [-0.2, -0.15) is 0 Å². The van der Waals surface area contributed by atoms with E-state index in [2.05, 4.69) is 53.6 Å². The second-order valence-corrected chi connectivity index (χ2v) is 8.67. The third-order valence-corrected chi connectivity index (χ3v) is 6.04. The van der Waals surface area contributed by atoms with Crippen molar-refractivity contribution >= 4 is 5.96 Å². The highest BCUT2D eigenvalue weighted by Gasteiger charge is 2.32. The molecule has 1 heterocycles.